The van der Waals surface area contributed by atoms with Crippen LogP contribution in [0.25, 0.3) is 0 Å². The summed E-state index contributed by atoms with van der Waals surface area (Å²) in [6.45, 7) is 0. The maximum absolute atomic E-state index is 13.2. The highest BCUT2D eigenvalue weighted by atomic mass is 79.9. The van der Waals surface area contributed by atoms with Crippen molar-refractivity contribution in [3.63, 3.8) is 0 Å². The number of hydrogen-bond acceptors (Lipinski definition) is 1. The summed E-state index contributed by atoms with van der Waals surface area (Å²) in [4.78, 5) is 11.4. The minimum absolute atomic E-state index is 0.0677. The molecule has 14 heavy (non-hydrogen) atoms. The molecule has 1 nitrogen and oxygen atoms in total. The second kappa shape index (κ2) is 5.47. The van der Waals surface area contributed by atoms with E-state index >= 15 is 0 Å². The first-order valence-corrected chi connectivity index (χ1v) is 5.78. The van der Waals surface area contributed by atoms with Gasteiger partial charge in [0.1, 0.15) is 5.82 Å². The molecule has 4 heteroatoms. The van der Waals surface area contributed by atoms with Gasteiger partial charge in [-0.2, -0.15) is 0 Å². The Balaban J connectivity index is 2.91. The van der Waals surface area contributed by atoms with E-state index in [4.69, 9.17) is 11.6 Å². The van der Waals surface area contributed by atoms with Gasteiger partial charge in [-0.1, -0.05) is 28.1 Å². The first-order valence-electron chi connectivity index (χ1n) is 4.12. The minimum atomic E-state index is -0.416. The molecule has 0 aromatic heterocycles. The second-order valence-corrected chi connectivity index (χ2v) is 3.86. The summed E-state index contributed by atoms with van der Waals surface area (Å²) in [5.74, 6) is -0.360. The molecule has 0 N–H and O–H groups in total. The third-order valence-electron chi connectivity index (χ3n) is 1.84. The molecular formula is C10H9BrClFO. The summed E-state index contributed by atoms with van der Waals surface area (Å²) >= 11 is 8.65. The normalized spacial score (nSPS) is 10.2. The van der Waals surface area contributed by atoms with E-state index in [2.05, 4.69) is 15.9 Å². The summed E-state index contributed by atoms with van der Waals surface area (Å²) in [5, 5.41) is 0.588. The van der Waals surface area contributed by atoms with Crippen LogP contribution < -0.4 is 0 Å². The van der Waals surface area contributed by atoms with Gasteiger partial charge in [-0.25, -0.2) is 4.39 Å². The van der Waals surface area contributed by atoms with Gasteiger partial charge in [0, 0.05) is 22.9 Å². The van der Waals surface area contributed by atoms with Gasteiger partial charge in [-0.3, -0.25) is 4.79 Å². The molecule has 0 atom stereocenters. The van der Waals surface area contributed by atoms with Crippen molar-refractivity contribution in [3.05, 3.63) is 35.1 Å². The van der Waals surface area contributed by atoms with Crippen molar-refractivity contribution in [2.75, 3.05) is 5.33 Å². The lowest BCUT2D eigenvalue weighted by atomic mass is 10.1. The Morgan fingerprint density at radius 3 is 2.71 bits per heavy atom. The van der Waals surface area contributed by atoms with Gasteiger partial charge in [0.05, 0.1) is 5.88 Å². The van der Waals surface area contributed by atoms with Crippen molar-refractivity contribution in [2.45, 2.75) is 12.3 Å². The molecule has 0 heterocycles. The SMILES string of the molecule is O=C(CCBr)c1ccc(CCl)c(F)c1. The maximum atomic E-state index is 13.2. The second-order valence-electron chi connectivity index (χ2n) is 2.80. The van der Waals surface area contributed by atoms with E-state index in [1.165, 1.54) is 6.07 Å². The van der Waals surface area contributed by atoms with Crippen molar-refractivity contribution >= 4 is 33.3 Å². The minimum Gasteiger partial charge on any atom is -0.294 e. The standard InChI is InChI=1S/C10H9BrClFO/c11-4-3-10(14)7-1-2-8(6-12)9(13)5-7/h1-2,5H,3-4,6H2. The van der Waals surface area contributed by atoms with E-state index in [1.54, 1.807) is 12.1 Å². The van der Waals surface area contributed by atoms with Crippen molar-refractivity contribution in [3.8, 4) is 0 Å². The fraction of sp³-hybridized carbons (Fsp3) is 0.300. The predicted octanol–water partition coefficient (Wildman–Crippen LogP) is 3.53. The molecular weight excluding hydrogens is 270 g/mol. The topological polar surface area (TPSA) is 17.1 Å². The first kappa shape index (κ1) is 11.7. The Morgan fingerprint density at radius 1 is 1.50 bits per heavy atom. The number of rotatable bonds is 4. The molecule has 0 radical (unpaired) electrons. The molecule has 0 aliphatic heterocycles. The molecule has 0 saturated heterocycles. The van der Waals surface area contributed by atoms with Crippen molar-refractivity contribution < 1.29 is 9.18 Å². The summed E-state index contributed by atoms with van der Waals surface area (Å²) in [6.07, 6.45) is 0.375. The fourth-order valence-electron chi connectivity index (χ4n) is 1.06. The van der Waals surface area contributed by atoms with Crippen LogP contribution in [0.15, 0.2) is 18.2 Å². The highest BCUT2D eigenvalue weighted by Gasteiger charge is 2.08. The number of halogens is 3. The third-order valence-corrected chi connectivity index (χ3v) is 2.52. The lowest BCUT2D eigenvalue weighted by Crippen LogP contribution is -2.01. The number of carbonyl (C=O) groups excluding carboxylic acids is 1. The maximum Gasteiger partial charge on any atom is 0.163 e. The Bertz CT molecular complexity index is 341. The Hall–Kier alpha value is -0.410. The van der Waals surface area contributed by atoms with Gasteiger partial charge in [-0.15, -0.1) is 11.6 Å². The first-order chi connectivity index (χ1) is 6.69. The number of benzene rings is 1. The van der Waals surface area contributed by atoms with Crippen LogP contribution in [-0.2, 0) is 5.88 Å². The Kier molecular flexibility index (Phi) is 4.55. The van der Waals surface area contributed by atoms with Crippen LogP contribution in [-0.4, -0.2) is 11.1 Å². The molecule has 1 aromatic carbocycles. The van der Waals surface area contributed by atoms with Crippen molar-refractivity contribution in [2.24, 2.45) is 0 Å². The molecule has 0 fully saturated rings. The van der Waals surface area contributed by atoms with Crippen LogP contribution in [0, 0.1) is 5.82 Å². The van der Waals surface area contributed by atoms with E-state index in [0.29, 0.717) is 22.9 Å². The van der Waals surface area contributed by atoms with E-state index in [0.717, 1.165) is 0 Å². The quantitative estimate of drug-likeness (QED) is 0.609. The molecule has 1 aromatic rings. The molecule has 1 rings (SSSR count). The highest BCUT2D eigenvalue weighted by Crippen LogP contribution is 2.14. The van der Waals surface area contributed by atoms with Crippen molar-refractivity contribution in [1.82, 2.24) is 0 Å². The largest absolute Gasteiger partial charge is 0.294 e. The Morgan fingerprint density at radius 2 is 2.21 bits per heavy atom. The molecule has 0 saturated carbocycles. The van der Waals surface area contributed by atoms with Gasteiger partial charge in [0.25, 0.3) is 0 Å². The smallest absolute Gasteiger partial charge is 0.163 e. The molecule has 0 spiro atoms. The average Bonchev–Trinajstić information content (AvgIpc) is 2.18. The van der Waals surface area contributed by atoms with Crippen LogP contribution in [0.2, 0.25) is 0 Å². The number of alkyl halides is 2. The molecule has 0 aliphatic carbocycles. The van der Waals surface area contributed by atoms with Gasteiger partial charge < -0.3 is 0 Å². The number of ketones is 1. The monoisotopic (exact) mass is 278 g/mol. The molecule has 0 unspecified atom stereocenters. The van der Waals surface area contributed by atoms with Crippen LogP contribution in [0.1, 0.15) is 22.3 Å². The lowest BCUT2D eigenvalue weighted by Gasteiger charge is -2.02. The number of Topliss-reactive ketones (excluding diaryl/α,β-unsaturated/α-hetero) is 1. The zero-order valence-corrected chi connectivity index (χ0v) is 9.74. The predicted molar refractivity (Wildman–Crippen MR) is 58.7 cm³/mol. The summed E-state index contributed by atoms with van der Waals surface area (Å²) < 4.78 is 13.2. The van der Waals surface area contributed by atoms with E-state index < -0.39 is 5.82 Å². The molecule has 0 aliphatic rings. The van der Waals surface area contributed by atoms with E-state index in [-0.39, 0.29) is 11.7 Å². The van der Waals surface area contributed by atoms with Crippen LogP contribution in [0.5, 0.6) is 0 Å². The van der Waals surface area contributed by atoms with E-state index in [1.807, 2.05) is 0 Å². The van der Waals surface area contributed by atoms with Gasteiger partial charge in [0.15, 0.2) is 5.78 Å². The number of hydrogen-bond donors (Lipinski definition) is 0. The van der Waals surface area contributed by atoms with Crippen LogP contribution in [0.4, 0.5) is 4.39 Å². The van der Waals surface area contributed by atoms with Crippen LogP contribution >= 0.6 is 27.5 Å². The Labute approximate surface area is 95.4 Å². The zero-order chi connectivity index (χ0) is 10.6. The summed E-state index contributed by atoms with van der Waals surface area (Å²) in [7, 11) is 0. The van der Waals surface area contributed by atoms with Gasteiger partial charge >= 0.3 is 0 Å². The molecule has 76 valence electrons. The number of carbonyl (C=O) groups is 1. The van der Waals surface area contributed by atoms with Gasteiger partial charge in [0.2, 0.25) is 0 Å². The van der Waals surface area contributed by atoms with E-state index in [9.17, 15) is 9.18 Å². The fourth-order valence-corrected chi connectivity index (χ4v) is 1.64. The third kappa shape index (κ3) is 2.79. The lowest BCUT2D eigenvalue weighted by molar-refractivity contribution is 0.0989. The molecule has 0 bridgehead atoms. The summed E-state index contributed by atoms with van der Waals surface area (Å²) in [6, 6.07) is 4.39. The highest BCUT2D eigenvalue weighted by molar-refractivity contribution is 9.09. The van der Waals surface area contributed by atoms with Crippen LogP contribution in [0.3, 0.4) is 0 Å². The zero-order valence-electron chi connectivity index (χ0n) is 7.40. The van der Waals surface area contributed by atoms with Crippen molar-refractivity contribution in [1.29, 1.82) is 0 Å². The average molecular weight is 280 g/mol. The van der Waals surface area contributed by atoms with Gasteiger partial charge in [-0.05, 0) is 6.07 Å². The summed E-state index contributed by atoms with van der Waals surface area (Å²) in [5.41, 5.74) is 0.817. The molecule has 0 amide bonds.